The molecule has 0 unspecified atom stereocenters. The second-order valence-electron chi connectivity index (χ2n) is 7.07. The number of hydrogen-bond acceptors (Lipinski definition) is 6. The predicted octanol–water partition coefficient (Wildman–Crippen LogP) is 4.08. The van der Waals surface area contributed by atoms with Gasteiger partial charge in [-0.15, -0.1) is 0 Å². The van der Waals surface area contributed by atoms with Crippen molar-refractivity contribution in [2.45, 2.75) is 43.3 Å². The Morgan fingerprint density at radius 1 is 1.28 bits per heavy atom. The number of rotatable bonds is 6. The zero-order valence-electron chi connectivity index (χ0n) is 16.0. The maximum atomic E-state index is 13.1. The first-order chi connectivity index (χ1) is 14.0. The molecule has 4 rings (SSSR count). The molecule has 1 aliphatic heterocycles. The highest BCUT2D eigenvalue weighted by Crippen LogP contribution is 2.28. The fraction of sp³-hybridized carbons (Fsp3) is 0.333. The van der Waals surface area contributed by atoms with Gasteiger partial charge in [-0.05, 0) is 37.5 Å². The third kappa shape index (κ3) is 4.04. The maximum absolute atomic E-state index is 13.1. The van der Waals surface area contributed by atoms with Gasteiger partial charge in [0.1, 0.15) is 0 Å². The number of nitrogens with zero attached hydrogens (tertiary/aromatic N) is 3. The van der Waals surface area contributed by atoms with Gasteiger partial charge in [0, 0.05) is 24.0 Å². The molecule has 1 aromatic heterocycles. The van der Waals surface area contributed by atoms with E-state index < -0.39 is 0 Å². The lowest BCUT2D eigenvalue weighted by Gasteiger charge is -2.16. The van der Waals surface area contributed by atoms with E-state index in [2.05, 4.69) is 0 Å². The highest BCUT2D eigenvalue weighted by Gasteiger charge is 2.21. The number of benzene rings is 2. The normalized spacial score (nSPS) is 16.4. The minimum absolute atomic E-state index is 0.00885. The van der Waals surface area contributed by atoms with Crippen LogP contribution in [0, 0.1) is 17.0 Å². The minimum atomic E-state index is -0.370. The van der Waals surface area contributed by atoms with Crippen LogP contribution < -0.4 is 5.56 Å². The first-order valence-corrected chi connectivity index (χ1v) is 10.5. The fourth-order valence-electron chi connectivity index (χ4n) is 3.58. The monoisotopic (exact) mass is 411 g/mol. The molecule has 1 atom stereocenters. The van der Waals surface area contributed by atoms with Crippen LogP contribution in [0.15, 0.2) is 52.4 Å². The van der Waals surface area contributed by atoms with Crippen molar-refractivity contribution in [3.63, 3.8) is 0 Å². The lowest BCUT2D eigenvalue weighted by molar-refractivity contribution is -0.385. The van der Waals surface area contributed by atoms with Crippen LogP contribution in [0.25, 0.3) is 10.9 Å². The number of para-hydroxylation sites is 1. The SMILES string of the molecule is Cc1c(CSc2nc3ccccc3c(=O)n2C[C@H]2CCCO2)cccc1[N+](=O)[O-]. The summed E-state index contributed by atoms with van der Waals surface area (Å²) in [4.78, 5) is 28.7. The van der Waals surface area contributed by atoms with Gasteiger partial charge in [0.25, 0.3) is 11.2 Å². The summed E-state index contributed by atoms with van der Waals surface area (Å²) in [6.45, 7) is 2.93. The Bertz CT molecular complexity index is 1120. The van der Waals surface area contributed by atoms with Gasteiger partial charge in [0.2, 0.25) is 0 Å². The largest absolute Gasteiger partial charge is 0.376 e. The summed E-state index contributed by atoms with van der Waals surface area (Å²) in [5.74, 6) is 0.490. The predicted molar refractivity (Wildman–Crippen MR) is 112 cm³/mol. The number of hydrogen-bond donors (Lipinski definition) is 0. The van der Waals surface area contributed by atoms with E-state index in [-0.39, 0.29) is 22.3 Å². The quantitative estimate of drug-likeness (QED) is 0.263. The Hall–Kier alpha value is -2.71. The third-order valence-corrected chi connectivity index (χ3v) is 6.23. The topological polar surface area (TPSA) is 87.3 Å². The average molecular weight is 411 g/mol. The molecule has 0 radical (unpaired) electrons. The summed E-state index contributed by atoms with van der Waals surface area (Å²) in [6, 6.07) is 12.4. The highest BCUT2D eigenvalue weighted by molar-refractivity contribution is 7.98. The first kappa shape index (κ1) is 19.6. The molecule has 0 aliphatic carbocycles. The van der Waals surface area contributed by atoms with Gasteiger partial charge in [-0.25, -0.2) is 4.98 Å². The van der Waals surface area contributed by atoms with Crippen molar-refractivity contribution in [3.05, 3.63) is 74.1 Å². The number of fused-ring (bicyclic) bond motifs is 1. The molecular weight excluding hydrogens is 390 g/mol. The number of nitro groups is 1. The van der Waals surface area contributed by atoms with E-state index in [9.17, 15) is 14.9 Å². The Labute approximate surface area is 171 Å². The Morgan fingerprint density at radius 2 is 2.10 bits per heavy atom. The molecule has 0 N–H and O–H groups in total. The van der Waals surface area contributed by atoms with E-state index in [0.29, 0.717) is 33.9 Å². The van der Waals surface area contributed by atoms with Crippen molar-refractivity contribution in [2.75, 3.05) is 6.61 Å². The van der Waals surface area contributed by atoms with Crippen molar-refractivity contribution in [1.82, 2.24) is 9.55 Å². The fourth-order valence-corrected chi connectivity index (χ4v) is 4.65. The van der Waals surface area contributed by atoms with E-state index in [1.807, 2.05) is 24.3 Å². The zero-order chi connectivity index (χ0) is 20.4. The van der Waals surface area contributed by atoms with Gasteiger partial charge in [0.05, 0.1) is 28.5 Å². The van der Waals surface area contributed by atoms with Crippen LogP contribution in [-0.4, -0.2) is 27.2 Å². The summed E-state index contributed by atoms with van der Waals surface area (Å²) >= 11 is 1.42. The van der Waals surface area contributed by atoms with E-state index in [1.54, 1.807) is 23.6 Å². The maximum Gasteiger partial charge on any atom is 0.272 e. The Morgan fingerprint density at radius 3 is 2.86 bits per heavy atom. The molecule has 1 aliphatic rings. The van der Waals surface area contributed by atoms with Crippen molar-refractivity contribution in [2.24, 2.45) is 0 Å². The molecule has 7 nitrogen and oxygen atoms in total. The van der Waals surface area contributed by atoms with Crippen LogP contribution in [0.5, 0.6) is 0 Å². The molecule has 0 bridgehead atoms. The smallest absolute Gasteiger partial charge is 0.272 e. The molecule has 29 heavy (non-hydrogen) atoms. The minimum Gasteiger partial charge on any atom is -0.376 e. The average Bonchev–Trinajstić information content (AvgIpc) is 3.23. The van der Waals surface area contributed by atoms with Gasteiger partial charge < -0.3 is 4.74 Å². The number of ether oxygens (including phenoxy) is 1. The van der Waals surface area contributed by atoms with E-state index in [4.69, 9.17) is 9.72 Å². The van der Waals surface area contributed by atoms with Gasteiger partial charge in [-0.2, -0.15) is 0 Å². The van der Waals surface area contributed by atoms with Gasteiger partial charge in [0.15, 0.2) is 5.16 Å². The molecule has 0 amide bonds. The molecular formula is C21H21N3O4S. The summed E-state index contributed by atoms with van der Waals surface area (Å²) in [5, 5.41) is 12.4. The van der Waals surface area contributed by atoms with E-state index in [0.717, 1.165) is 25.0 Å². The molecule has 0 spiro atoms. The molecule has 3 aromatic rings. The van der Waals surface area contributed by atoms with Crippen molar-refractivity contribution < 1.29 is 9.66 Å². The highest BCUT2D eigenvalue weighted by atomic mass is 32.2. The van der Waals surface area contributed by atoms with Crippen LogP contribution >= 0.6 is 11.8 Å². The lowest BCUT2D eigenvalue weighted by atomic mass is 10.1. The summed E-state index contributed by atoms with van der Waals surface area (Å²) < 4.78 is 7.42. The molecule has 1 saturated heterocycles. The number of aromatic nitrogens is 2. The molecule has 1 fully saturated rings. The van der Waals surface area contributed by atoms with Crippen molar-refractivity contribution >= 4 is 28.4 Å². The van der Waals surface area contributed by atoms with Gasteiger partial charge in [-0.3, -0.25) is 19.5 Å². The van der Waals surface area contributed by atoms with E-state index >= 15 is 0 Å². The molecule has 2 heterocycles. The van der Waals surface area contributed by atoms with Crippen LogP contribution in [0.4, 0.5) is 5.69 Å². The number of nitro benzene ring substituents is 1. The second kappa shape index (κ2) is 8.34. The van der Waals surface area contributed by atoms with Crippen molar-refractivity contribution in [1.29, 1.82) is 0 Å². The molecule has 2 aromatic carbocycles. The molecule has 8 heteroatoms. The third-order valence-electron chi connectivity index (χ3n) is 5.21. The van der Waals surface area contributed by atoms with E-state index in [1.165, 1.54) is 17.8 Å². The number of thioether (sulfide) groups is 1. The first-order valence-electron chi connectivity index (χ1n) is 9.51. The van der Waals surface area contributed by atoms with Gasteiger partial charge >= 0.3 is 0 Å². The molecule has 150 valence electrons. The summed E-state index contributed by atoms with van der Waals surface area (Å²) in [5.41, 5.74) is 2.17. The van der Waals surface area contributed by atoms with Crippen LogP contribution in [0.1, 0.15) is 24.0 Å². The standard InChI is InChI=1S/C21H21N3O4S/c1-14-15(6-4-10-19(14)24(26)27)13-29-21-22-18-9-3-2-8-17(18)20(25)23(21)12-16-7-5-11-28-16/h2-4,6,8-10,16H,5,7,11-13H2,1H3/t16-/m1/s1. The lowest BCUT2D eigenvalue weighted by Crippen LogP contribution is -2.28. The molecule has 0 saturated carbocycles. The van der Waals surface area contributed by atoms with Gasteiger partial charge in [-0.1, -0.05) is 36.0 Å². The van der Waals surface area contributed by atoms with Crippen LogP contribution in [0.3, 0.4) is 0 Å². The zero-order valence-corrected chi connectivity index (χ0v) is 16.9. The Balaban J connectivity index is 1.70. The second-order valence-corrected chi connectivity index (χ2v) is 8.01. The Kier molecular flexibility index (Phi) is 5.64. The summed E-state index contributed by atoms with van der Waals surface area (Å²) in [7, 11) is 0. The van der Waals surface area contributed by atoms with Crippen molar-refractivity contribution in [3.8, 4) is 0 Å². The van der Waals surface area contributed by atoms with Crippen LogP contribution in [0.2, 0.25) is 0 Å². The van der Waals surface area contributed by atoms with Crippen LogP contribution in [-0.2, 0) is 17.0 Å². The summed E-state index contributed by atoms with van der Waals surface area (Å²) in [6.07, 6.45) is 1.93.